The van der Waals surface area contributed by atoms with Crippen molar-refractivity contribution in [1.82, 2.24) is 10.2 Å². The van der Waals surface area contributed by atoms with E-state index in [-0.39, 0.29) is 42.4 Å². The summed E-state index contributed by atoms with van der Waals surface area (Å²) < 4.78 is 48.2. The van der Waals surface area contributed by atoms with Crippen molar-refractivity contribution >= 4 is 35.4 Å². The fourth-order valence-corrected chi connectivity index (χ4v) is 10.1. The third-order valence-electron chi connectivity index (χ3n) is 12.4. The molecule has 61 heavy (non-hydrogen) atoms. The Labute approximate surface area is 363 Å². The predicted molar refractivity (Wildman–Crippen MR) is 221 cm³/mol. The van der Waals surface area contributed by atoms with E-state index in [2.05, 4.69) is 5.32 Å². The molecule has 4 aliphatic heterocycles. The molecular formula is C42H70N2O16S. The van der Waals surface area contributed by atoms with E-state index in [0.29, 0.717) is 12.8 Å². The van der Waals surface area contributed by atoms with E-state index >= 15 is 0 Å². The Hall–Kier alpha value is -2.27. The number of methoxy groups -OCH3 is 2. The number of ether oxygens (including phenoxy) is 8. The highest BCUT2D eigenvalue weighted by Gasteiger charge is 2.62. The number of aliphatic hydroxyl groups excluding tert-OH is 2. The van der Waals surface area contributed by atoms with Gasteiger partial charge < -0.3 is 68.5 Å². The molecule has 0 spiro atoms. The molecular weight excluding hydrogens is 821 g/mol. The minimum absolute atomic E-state index is 0.0878. The number of carbonyl (C=O) groups is 4. The first-order chi connectivity index (χ1) is 28.7. The summed E-state index contributed by atoms with van der Waals surface area (Å²) in [5.74, 6) is -4.11. The maximum absolute atomic E-state index is 14.2. The van der Waals surface area contributed by atoms with Gasteiger partial charge in [-0.25, -0.2) is 9.59 Å². The molecule has 0 aromatic rings. The second-order valence-corrected chi connectivity index (χ2v) is 18.7. The number of esters is 1. The Balaban J connectivity index is 1.72. The lowest BCUT2D eigenvalue weighted by molar-refractivity contribution is -0.313. The summed E-state index contributed by atoms with van der Waals surface area (Å²) >= 11 is 1.12. The Morgan fingerprint density at radius 1 is 0.984 bits per heavy atom. The number of carboxylic acids is 1. The largest absolute Gasteiger partial charge is 0.480 e. The van der Waals surface area contributed by atoms with Gasteiger partial charge in [0.2, 0.25) is 5.91 Å². The molecule has 1 amide bonds. The molecule has 0 radical (unpaired) electrons. The summed E-state index contributed by atoms with van der Waals surface area (Å²) in [6.45, 7) is 11.6. The molecule has 19 heteroatoms. The molecule has 3 saturated heterocycles. The number of fused-ring (bicyclic) bond motifs is 1. The monoisotopic (exact) mass is 890 g/mol. The third kappa shape index (κ3) is 12.9. The Bertz CT molecular complexity index is 1510. The van der Waals surface area contributed by atoms with E-state index in [4.69, 9.17) is 37.9 Å². The van der Waals surface area contributed by atoms with Crippen LogP contribution in [0.3, 0.4) is 0 Å². The lowest BCUT2D eigenvalue weighted by Gasteiger charge is -2.43. The van der Waals surface area contributed by atoms with E-state index in [0.717, 1.165) is 11.8 Å². The van der Waals surface area contributed by atoms with Gasteiger partial charge >= 0.3 is 11.9 Å². The van der Waals surface area contributed by atoms with Gasteiger partial charge in [0.05, 0.1) is 31.0 Å². The van der Waals surface area contributed by atoms with Crippen LogP contribution >= 0.6 is 11.8 Å². The fourth-order valence-electron chi connectivity index (χ4n) is 8.80. The highest BCUT2D eigenvalue weighted by molar-refractivity contribution is 8.00. The number of rotatable bonds is 14. The van der Waals surface area contributed by atoms with Gasteiger partial charge in [0.1, 0.15) is 48.4 Å². The molecule has 19 atom stereocenters. The van der Waals surface area contributed by atoms with Crippen LogP contribution < -0.4 is 5.32 Å². The number of hydrogen-bond acceptors (Lipinski definition) is 17. The molecule has 0 bridgehead atoms. The Morgan fingerprint density at radius 3 is 2.25 bits per heavy atom. The van der Waals surface area contributed by atoms with Crippen LogP contribution in [0.5, 0.6) is 0 Å². The molecule has 0 aromatic carbocycles. The summed E-state index contributed by atoms with van der Waals surface area (Å²) in [4.78, 5) is 53.9. The number of carbonyl (C=O) groups excluding carboxylic acids is 3. The van der Waals surface area contributed by atoms with Gasteiger partial charge in [-0.1, -0.05) is 33.8 Å². The predicted octanol–water partition coefficient (Wildman–Crippen LogP) is 1.29. The number of aliphatic carboxylic acids is 1. The molecule has 350 valence electrons. The number of Topliss-reactive ketones (excluding diaryl/α,β-unsaturated/α-hetero) is 1. The average Bonchev–Trinajstić information content (AvgIpc) is 4.01. The number of amides is 1. The molecule has 0 aliphatic carbocycles. The highest BCUT2D eigenvalue weighted by atomic mass is 32.2. The smallest absolute Gasteiger partial charge is 0.330 e. The summed E-state index contributed by atoms with van der Waals surface area (Å²) in [6.07, 6.45) is -6.82. The molecule has 0 saturated carbocycles. The van der Waals surface area contributed by atoms with Gasteiger partial charge in [-0.15, -0.1) is 0 Å². The number of aliphatic hydroxyl groups is 3. The molecule has 2 unspecified atom stereocenters. The molecule has 4 rings (SSSR count). The summed E-state index contributed by atoms with van der Waals surface area (Å²) in [5, 5.41) is 46.4. The van der Waals surface area contributed by atoms with Crippen molar-refractivity contribution in [2.24, 2.45) is 17.8 Å². The molecule has 3 fully saturated rings. The van der Waals surface area contributed by atoms with Gasteiger partial charge in [0.15, 0.2) is 18.2 Å². The average molecular weight is 891 g/mol. The van der Waals surface area contributed by atoms with Crippen LogP contribution in [0.4, 0.5) is 0 Å². The SMILES string of the molecule is CC[C@H]1OC(=O)C=C[C@H](C)[C@@H](O[C@@H]2OC(C)C[C@H](N(C)C)[C@H]2O)[C@@H](C)C[C@@H](C)C(=O)CC(SC[C@@H](NC(C)=O)C(=O)O)[C@H]2O[C@@H]2[C@@]1(O)CO[C@@H]1O[C@H](C)[C@@H](O)[C@@H](OC)[C@H]1OC. The molecule has 4 heterocycles. The summed E-state index contributed by atoms with van der Waals surface area (Å²) in [6, 6.07) is -1.51. The molecule has 0 aromatic heterocycles. The van der Waals surface area contributed by atoms with E-state index in [1.165, 1.54) is 27.2 Å². The number of likely N-dealkylation sites (N-methyl/N-ethyl adjacent to an activating group) is 1. The number of thioether (sulfide) groups is 1. The summed E-state index contributed by atoms with van der Waals surface area (Å²) in [5.41, 5.74) is -2.05. The van der Waals surface area contributed by atoms with Crippen molar-refractivity contribution in [1.29, 1.82) is 0 Å². The number of nitrogens with zero attached hydrogens (tertiary/aromatic N) is 1. The number of nitrogens with one attached hydrogen (secondary N) is 1. The van der Waals surface area contributed by atoms with Crippen molar-refractivity contribution in [3.63, 3.8) is 0 Å². The van der Waals surface area contributed by atoms with Crippen molar-refractivity contribution in [3.05, 3.63) is 12.2 Å². The molecule has 4 aliphatic rings. The fraction of sp³-hybridized carbons (Fsp3) is 0.857. The van der Waals surface area contributed by atoms with Crippen molar-refractivity contribution in [3.8, 4) is 0 Å². The van der Waals surface area contributed by atoms with Crippen LogP contribution in [0.25, 0.3) is 0 Å². The first kappa shape index (κ1) is 51.4. The van der Waals surface area contributed by atoms with Crippen LogP contribution in [0.1, 0.15) is 74.1 Å². The van der Waals surface area contributed by atoms with Gasteiger partial charge in [0, 0.05) is 62.5 Å². The van der Waals surface area contributed by atoms with E-state index in [1.807, 2.05) is 39.8 Å². The van der Waals surface area contributed by atoms with Crippen LogP contribution in [-0.2, 0) is 57.1 Å². The van der Waals surface area contributed by atoms with Crippen molar-refractivity contribution in [2.75, 3.05) is 40.7 Å². The topological polar surface area (TPSA) is 242 Å². The maximum atomic E-state index is 14.2. The second kappa shape index (κ2) is 22.6. The molecule has 5 N–H and O–H groups in total. The lowest BCUT2D eigenvalue weighted by Crippen LogP contribution is -2.61. The minimum atomic E-state index is -2.05. The zero-order valence-electron chi connectivity index (χ0n) is 37.3. The van der Waals surface area contributed by atoms with Gasteiger partial charge in [-0.3, -0.25) is 9.59 Å². The third-order valence-corrected chi connectivity index (χ3v) is 13.8. The second-order valence-electron chi connectivity index (χ2n) is 17.4. The Morgan fingerprint density at radius 2 is 1.66 bits per heavy atom. The zero-order chi connectivity index (χ0) is 45.5. The first-order valence-corrected chi connectivity index (χ1v) is 22.3. The van der Waals surface area contributed by atoms with E-state index in [1.54, 1.807) is 26.8 Å². The van der Waals surface area contributed by atoms with Crippen molar-refractivity contribution < 1.29 is 77.5 Å². The first-order valence-electron chi connectivity index (χ1n) is 21.2. The van der Waals surface area contributed by atoms with Crippen LogP contribution in [0.2, 0.25) is 0 Å². The van der Waals surface area contributed by atoms with E-state index < -0.39 is 121 Å². The number of cyclic esters (lactones) is 1. The lowest BCUT2D eigenvalue weighted by atomic mass is 9.83. The maximum Gasteiger partial charge on any atom is 0.330 e. The number of epoxide rings is 1. The Kier molecular flexibility index (Phi) is 19.0. The van der Waals surface area contributed by atoms with Gasteiger partial charge in [-0.2, -0.15) is 11.8 Å². The van der Waals surface area contributed by atoms with Gasteiger partial charge in [-0.05, 0) is 53.1 Å². The highest BCUT2D eigenvalue weighted by Crippen LogP contribution is 2.45. The van der Waals surface area contributed by atoms with Crippen LogP contribution in [-0.4, -0.2) is 186 Å². The minimum Gasteiger partial charge on any atom is -0.480 e. The number of carboxylic acid groups (broad SMARTS) is 1. The van der Waals surface area contributed by atoms with Crippen LogP contribution in [0.15, 0.2) is 12.2 Å². The quantitative estimate of drug-likeness (QED) is 0.122. The normalized spacial score (nSPS) is 42.0. The number of ketones is 1. The van der Waals surface area contributed by atoms with Crippen molar-refractivity contribution in [2.45, 2.75) is 171 Å². The van der Waals surface area contributed by atoms with Crippen LogP contribution in [0, 0.1) is 17.8 Å². The zero-order valence-corrected chi connectivity index (χ0v) is 38.1. The van der Waals surface area contributed by atoms with Gasteiger partial charge in [0.25, 0.3) is 0 Å². The standard InChI is InChI=1S/C42H70N2O16S/c1-12-30-42(52,19-55-41-37(54-11)36(53-10)32(48)24(6)57-41)38-35(59-38)29(61-18-26(39(50)51)43-25(7)45)17-28(46)21(3)15-22(4)34(20(2)13-14-31(47)58-30)60-40-33(49)27(44(8)9)16-23(5)56-40/h13-14,20-24,26-27,29-30,32-38,40-41,48-49,52H,12,15-19H2,1-11H3,(H,43,45)(H,50,51)/t20-,21+,22-,23?,24+,26+,27-,29?,30+,32+,33+,34+,35+,36+,37+,38-,40-,41+,42+/m0/s1. The summed E-state index contributed by atoms with van der Waals surface area (Å²) in [7, 11) is 6.57. The number of hydrogen-bond donors (Lipinski definition) is 5. The molecule has 18 nitrogen and oxygen atoms in total. The van der Waals surface area contributed by atoms with E-state index in [9.17, 15) is 39.6 Å².